The predicted molar refractivity (Wildman–Crippen MR) is 125 cm³/mol. The number of benzene rings is 3. The summed E-state index contributed by atoms with van der Waals surface area (Å²) in [5, 5.41) is 3.13. The SMILES string of the molecule is Cc1cccc(NC(=O)N2Cc3ccccc3-n3cccc3[C@@H]2c2cccc(C)c2)c1. The first-order chi connectivity index (χ1) is 15.1. The first-order valence-electron chi connectivity index (χ1n) is 10.6. The van der Waals surface area contributed by atoms with Gasteiger partial charge in [-0.25, -0.2) is 4.79 Å². The average Bonchev–Trinajstić information content (AvgIpc) is 3.18. The molecule has 0 aliphatic carbocycles. The maximum absolute atomic E-state index is 13.6. The highest BCUT2D eigenvalue weighted by Crippen LogP contribution is 2.37. The molecule has 1 N–H and O–H groups in total. The van der Waals surface area contributed by atoms with Crippen LogP contribution in [0.5, 0.6) is 0 Å². The molecule has 4 nitrogen and oxygen atoms in total. The Morgan fingerprint density at radius 2 is 1.65 bits per heavy atom. The molecule has 2 amide bonds. The zero-order valence-electron chi connectivity index (χ0n) is 17.7. The zero-order valence-corrected chi connectivity index (χ0v) is 17.7. The summed E-state index contributed by atoms with van der Waals surface area (Å²) < 4.78 is 2.21. The number of carbonyl (C=O) groups excluding carboxylic acids is 1. The number of aryl methyl sites for hydroxylation is 2. The number of anilines is 1. The van der Waals surface area contributed by atoms with E-state index in [1.54, 1.807) is 0 Å². The van der Waals surface area contributed by atoms with Gasteiger partial charge in [0.2, 0.25) is 0 Å². The average molecular weight is 408 g/mol. The van der Waals surface area contributed by atoms with E-state index < -0.39 is 0 Å². The van der Waals surface area contributed by atoms with Gasteiger partial charge < -0.3 is 14.8 Å². The van der Waals surface area contributed by atoms with Gasteiger partial charge in [0, 0.05) is 17.6 Å². The van der Waals surface area contributed by atoms with Crippen LogP contribution >= 0.6 is 0 Å². The fraction of sp³-hybridized carbons (Fsp3) is 0.148. The summed E-state index contributed by atoms with van der Waals surface area (Å²) in [6.07, 6.45) is 2.08. The number of nitrogens with one attached hydrogen (secondary N) is 1. The maximum atomic E-state index is 13.6. The Bertz CT molecular complexity index is 1260. The second-order valence-electron chi connectivity index (χ2n) is 8.18. The van der Waals surface area contributed by atoms with E-state index in [2.05, 4.69) is 71.5 Å². The highest BCUT2D eigenvalue weighted by atomic mass is 16.2. The maximum Gasteiger partial charge on any atom is 0.322 e. The number of nitrogens with zero attached hydrogens (tertiary/aromatic N) is 2. The van der Waals surface area contributed by atoms with Crippen LogP contribution in [-0.2, 0) is 6.54 Å². The molecule has 0 bridgehead atoms. The summed E-state index contributed by atoms with van der Waals surface area (Å²) in [7, 11) is 0. The molecule has 0 fully saturated rings. The number of para-hydroxylation sites is 1. The lowest BCUT2D eigenvalue weighted by molar-refractivity contribution is 0.194. The normalized spacial score (nSPS) is 15.0. The molecular weight excluding hydrogens is 382 g/mol. The van der Waals surface area contributed by atoms with E-state index in [1.807, 2.05) is 48.2 Å². The van der Waals surface area contributed by atoms with Crippen LogP contribution in [0, 0.1) is 13.8 Å². The van der Waals surface area contributed by atoms with Gasteiger partial charge in [-0.3, -0.25) is 0 Å². The quantitative estimate of drug-likeness (QED) is 0.420. The van der Waals surface area contributed by atoms with Gasteiger partial charge in [0.05, 0.1) is 18.3 Å². The Morgan fingerprint density at radius 1 is 0.871 bits per heavy atom. The summed E-state index contributed by atoms with van der Waals surface area (Å²) in [5.74, 6) is 0. The number of hydrogen-bond acceptors (Lipinski definition) is 1. The molecule has 1 aliphatic heterocycles. The number of aromatic nitrogens is 1. The van der Waals surface area contributed by atoms with Gasteiger partial charge in [0.25, 0.3) is 0 Å². The molecule has 0 spiro atoms. The topological polar surface area (TPSA) is 37.3 Å². The van der Waals surface area contributed by atoms with Crippen molar-refractivity contribution in [2.45, 2.75) is 26.4 Å². The Balaban J connectivity index is 1.64. The molecule has 4 heteroatoms. The third-order valence-corrected chi connectivity index (χ3v) is 5.85. The molecule has 0 saturated heterocycles. The van der Waals surface area contributed by atoms with Crippen LogP contribution in [-0.4, -0.2) is 15.5 Å². The number of fused-ring (bicyclic) bond motifs is 3. The Labute approximate surface area is 182 Å². The highest BCUT2D eigenvalue weighted by molar-refractivity contribution is 5.90. The zero-order chi connectivity index (χ0) is 21.4. The number of urea groups is 1. The van der Waals surface area contributed by atoms with Crippen LogP contribution in [0.15, 0.2) is 91.1 Å². The molecule has 0 radical (unpaired) electrons. The van der Waals surface area contributed by atoms with Crippen LogP contribution in [0.25, 0.3) is 5.69 Å². The minimum Gasteiger partial charge on any atom is -0.318 e. The number of carbonyl (C=O) groups is 1. The van der Waals surface area contributed by atoms with E-state index in [4.69, 9.17) is 0 Å². The molecule has 1 atom stereocenters. The lowest BCUT2D eigenvalue weighted by Crippen LogP contribution is -2.38. The van der Waals surface area contributed by atoms with Gasteiger partial charge in [-0.05, 0) is 60.9 Å². The Kier molecular flexibility index (Phi) is 4.83. The largest absolute Gasteiger partial charge is 0.322 e. The molecule has 154 valence electrons. The lowest BCUT2D eigenvalue weighted by Gasteiger charge is -2.31. The molecule has 31 heavy (non-hydrogen) atoms. The van der Waals surface area contributed by atoms with E-state index in [0.29, 0.717) is 6.54 Å². The molecule has 1 aromatic heterocycles. The lowest BCUT2D eigenvalue weighted by atomic mass is 10.00. The molecule has 0 saturated carbocycles. The van der Waals surface area contributed by atoms with E-state index >= 15 is 0 Å². The number of hydrogen-bond donors (Lipinski definition) is 1. The third-order valence-electron chi connectivity index (χ3n) is 5.85. The predicted octanol–water partition coefficient (Wildman–Crippen LogP) is 6.23. The van der Waals surface area contributed by atoms with Crippen molar-refractivity contribution < 1.29 is 4.79 Å². The van der Waals surface area contributed by atoms with Crippen molar-refractivity contribution in [3.05, 3.63) is 119 Å². The van der Waals surface area contributed by atoms with Crippen molar-refractivity contribution >= 4 is 11.7 Å². The molecule has 0 unspecified atom stereocenters. The fourth-order valence-electron chi connectivity index (χ4n) is 4.45. The first-order valence-corrected chi connectivity index (χ1v) is 10.6. The molecule has 2 heterocycles. The summed E-state index contributed by atoms with van der Waals surface area (Å²) in [5.41, 5.74) is 7.52. The molecule has 4 aromatic rings. The van der Waals surface area contributed by atoms with Crippen LogP contribution in [0.3, 0.4) is 0 Å². The Hall–Kier alpha value is -3.79. The molecular formula is C27H25N3O. The van der Waals surface area contributed by atoms with Crippen molar-refractivity contribution in [3.8, 4) is 5.69 Å². The van der Waals surface area contributed by atoms with Gasteiger partial charge in [-0.2, -0.15) is 0 Å². The standard InChI is InChI=1S/C27H25N3O/c1-19-8-5-11-21(16-19)26-25-14-7-15-29(25)24-13-4-3-10-22(24)18-30(26)27(31)28-23-12-6-9-20(2)17-23/h3-17,26H,18H2,1-2H3,(H,28,31)/t26-/m0/s1. The monoisotopic (exact) mass is 407 g/mol. The van der Waals surface area contributed by atoms with Gasteiger partial charge in [-0.15, -0.1) is 0 Å². The summed E-state index contributed by atoms with van der Waals surface area (Å²) >= 11 is 0. The van der Waals surface area contributed by atoms with Crippen molar-refractivity contribution in [1.82, 2.24) is 9.47 Å². The van der Waals surface area contributed by atoms with E-state index in [1.165, 1.54) is 5.56 Å². The summed E-state index contributed by atoms with van der Waals surface area (Å²) in [6, 6.07) is 28.5. The minimum absolute atomic E-state index is 0.110. The van der Waals surface area contributed by atoms with Crippen molar-refractivity contribution in [3.63, 3.8) is 0 Å². The second-order valence-corrected chi connectivity index (χ2v) is 8.18. The smallest absolute Gasteiger partial charge is 0.318 e. The van der Waals surface area contributed by atoms with E-state index in [-0.39, 0.29) is 12.1 Å². The van der Waals surface area contributed by atoms with Gasteiger partial charge in [-0.1, -0.05) is 60.2 Å². The van der Waals surface area contributed by atoms with E-state index in [9.17, 15) is 4.79 Å². The van der Waals surface area contributed by atoms with Crippen LogP contribution < -0.4 is 5.32 Å². The molecule has 3 aromatic carbocycles. The van der Waals surface area contributed by atoms with Crippen molar-refractivity contribution in [2.24, 2.45) is 0 Å². The minimum atomic E-state index is -0.202. The number of amides is 2. The van der Waals surface area contributed by atoms with Crippen LogP contribution in [0.1, 0.15) is 34.0 Å². The fourth-order valence-corrected chi connectivity index (χ4v) is 4.45. The van der Waals surface area contributed by atoms with Gasteiger partial charge in [0.15, 0.2) is 0 Å². The number of rotatable bonds is 2. The summed E-state index contributed by atoms with van der Waals surface area (Å²) in [6.45, 7) is 4.64. The van der Waals surface area contributed by atoms with E-state index in [0.717, 1.165) is 33.8 Å². The van der Waals surface area contributed by atoms with Crippen molar-refractivity contribution in [2.75, 3.05) is 5.32 Å². The third kappa shape index (κ3) is 3.61. The second kappa shape index (κ2) is 7.80. The summed E-state index contributed by atoms with van der Waals surface area (Å²) in [4.78, 5) is 15.6. The first kappa shape index (κ1) is 19.2. The molecule has 1 aliphatic rings. The van der Waals surface area contributed by atoms with Gasteiger partial charge in [0.1, 0.15) is 0 Å². The van der Waals surface area contributed by atoms with Crippen LogP contribution in [0.4, 0.5) is 10.5 Å². The highest BCUT2D eigenvalue weighted by Gasteiger charge is 2.33. The molecule has 5 rings (SSSR count). The van der Waals surface area contributed by atoms with Crippen molar-refractivity contribution in [1.29, 1.82) is 0 Å². The van der Waals surface area contributed by atoms with Gasteiger partial charge >= 0.3 is 6.03 Å². The Morgan fingerprint density at radius 3 is 2.45 bits per heavy atom. The van der Waals surface area contributed by atoms with Crippen LogP contribution in [0.2, 0.25) is 0 Å².